The summed E-state index contributed by atoms with van der Waals surface area (Å²) in [6.07, 6.45) is 1.37. The molecule has 0 saturated heterocycles. The summed E-state index contributed by atoms with van der Waals surface area (Å²) >= 11 is 5.97. The zero-order valence-corrected chi connectivity index (χ0v) is 16.9. The van der Waals surface area contributed by atoms with Crippen LogP contribution < -0.4 is 20.3 Å². The molecule has 146 valence electrons. The number of nitrogens with zero attached hydrogens (tertiary/aromatic N) is 2. The smallest absolute Gasteiger partial charge is 0.267 e. The summed E-state index contributed by atoms with van der Waals surface area (Å²) in [5, 5.41) is 15.4. The number of carbonyl (C=O) groups is 1. The van der Waals surface area contributed by atoms with Gasteiger partial charge in [-0.1, -0.05) is 11.6 Å². The molecule has 28 heavy (non-hydrogen) atoms. The zero-order chi connectivity index (χ0) is 20.5. The maximum atomic E-state index is 12.4. The highest BCUT2D eigenvalue weighted by atomic mass is 35.5. The van der Waals surface area contributed by atoms with Gasteiger partial charge in [0.2, 0.25) is 0 Å². The van der Waals surface area contributed by atoms with Gasteiger partial charge in [0, 0.05) is 35.7 Å². The Morgan fingerprint density at radius 1 is 1.21 bits per heavy atom. The largest absolute Gasteiger partial charge is 0.495 e. The van der Waals surface area contributed by atoms with E-state index in [0.29, 0.717) is 16.5 Å². The van der Waals surface area contributed by atoms with Gasteiger partial charge in [-0.25, -0.2) is 0 Å². The lowest BCUT2D eigenvalue weighted by Gasteiger charge is -2.21. The van der Waals surface area contributed by atoms with Crippen LogP contribution >= 0.6 is 11.6 Å². The molecule has 0 bridgehead atoms. The molecular formula is C21H23ClN4O2. The topological polar surface area (TPSA) is 77.4 Å². The van der Waals surface area contributed by atoms with Gasteiger partial charge in [0.1, 0.15) is 17.4 Å². The molecule has 0 unspecified atom stereocenters. The van der Waals surface area contributed by atoms with Crippen molar-refractivity contribution in [2.24, 2.45) is 0 Å². The molecule has 1 amide bonds. The van der Waals surface area contributed by atoms with E-state index in [0.717, 1.165) is 24.5 Å². The Morgan fingerprint density at radius 2 is 1.89 bits per heavy atom. The monoisotopic (exact) mass is 398 g/mol. The van der Waals surface area contributed by atoms with Crippen LogP contribution in [-0.4, -0.2) is 26.1 Å². The number of nitrogens with one attached hydrogen (secondary N) is 2. The summed E-state index contributed by atoms with van der Waals surface area (Å²) in [7, 11) is 1.49. The molecule has 7 heteroatoms. The van der Waals surface area contributed by atoms with E-state index in [9.17, 15) is 10.1 Å². The zero-order valence-electron chi connectivity index (χ0n) is 16.1. The van der Waals surface area contributed by atoms with Gasteiger partial charge < -0.3 is 20.3 Å². The molecule has 0 fully saturated rings. The molecule has 2 aromatic carbocycles. The molecule has 0 spiro atoms. The molecule has 0 atom stereocenters. The first-order valence-corrected chi connectivity index (χ1v) is 9.26. The van der Waals surface area contributed by atoms with E-state index in [1.165, 1.54) is 13.3 Å². The van der Waals surface area contributed by atoms with Crippen LogP contribution in [0.4, 0.5) is 17.1 Å². The van der Waals surface area contributed by atoms with E-state index < -0.39 is 5.91 Å². The summed E-state index contributed by atoms with van der Waals surface area (Å²) in [5.74, 6) is -0.106. The van der Waals surface area contributed by atoms with Gasteiger partial charge in [-0.05, 0) is 56.3 Å². The number of methoxy groups -OCH3 is 1. The van der Waals surface area contributed by atoms with Gasteiger partial charge >= 0.3 is 0 Å². The molecule has 0 heterocycles. The molecular weight excluding hydrogens is 376 g/mol. The Kier molecular flexibility index (Phi) is 7.73. The molecule has 0 saturated carbocycles. The molecule has 0 aliphatic rings. The van der Waals surface area contributed by atoms with Crippen molar-refractivity contribution in [3.05, 3.63) is 59.3 Å². The number of anilines is 3. The number of hydrogen-bond acceptors (Lipinski definition) is 5. The number of rotatable bonds is 8. The van der Waals surface area contributed by atoms with Gasteiger partial charge in [-0.15, -0.1) is 0 Å². The highest BCUT2D eigenvalue weighted by Gasteiger charge is 2.13. The lowest BCUT2D eigenvalue weighted by atomic mass is 10.2. The molecule has 2 rings (SSSR count). The Bertz CT molecular complexity index is 884. The first kappa shape index (κ1) is 21.1. The number of nitriles is 1. The number of carbonyl (C=O) groups excluding carboxylic acids is 1. The van der Waals surface area contributed by atoms with Gasteiger partial charge in [0.15, 0.2) is 0 Å². The Hall–Kier alpha value is -3.17. The number of hydrogen-bond donors (Lipinski definition) is 2. The SMILES string of the molecule is CCN(CC)c1ccc(N/C=C(/C#N)C(=O)Nc2cc(Cl)ccc2OC)cc1. The number of halogens is 1. The lowest BCUT2D eigenvalue weighted by molar-refractivity contribution is -0.112. The van der Waals surface area contributed by atoms with Crippen LogP contribution in [0.2, 0.25) is 5.02 Å². The van der Waals surface area contributed by atoms with Crippen LogP contribution in [0, 0.1) is 11.3 Å². The van der Waals surface area contributed by atoms with Crippen LogP contribution in [0.5, 0.6) is 5.75 Å². The summed E-state index contributed by atoms with van der Waals surface area (Å²) in [5.41, 5.74) is 2.21. The molecule has 0 aliphatic heterocycles. The van der Waals surface area contributed by atoms with Gasteiger partial charge in [-0.2, -0.15) is 5.26 Å². The maximum Gasteiger partial charge on any atom is 0.267 e. The Balaban J connectivity index is 2.10. The van der Waals surface area contributed by atoms with E-state index in [1.54, 1.807) is 18.2 Å². The molecule has 0 radical (unpaired) electrons. The number of ether oxygens (including phenoxy) is 1. The number of amides is 1. The highest BCUT2D eigenvalue weighted by Crippen LogP contribution is 2.28. The second-order valence-electron chi connectivity index (χ2n) is 5.83. The highest BCUT2D eigenvalue weighted by molar-refractivity contribution is 6.31. The first-order valence-electron chi connectivity index (χ1n) is 8.89. The third-order valence-corrected chi connectivity index (χ3v) is 4.39. The fourth-order valence-corrected chi connectivity index (χ4v) is 2.80. The van der Waals surface area contributed by atoms with Gasteiger partial charge in [-0.3, -0.25) is 4.79 Å². The van der Waals surface area contributed by atoms with Crippen molar-refractivity contribution in [3.63, 3.8) is 0 Å². The predicted molar refractivity (Wildman–Crippen MR) is 114 cm³/mol. The fourth-order valence-electron chi connectivity index (χ4n) is 2.63. The van der Waals surface area contributed by atoms with Gasteiger partial charge in [0.25, 0.3) is 5.91 Å². The van der Waals surface area contributed by atoms with E-state index in [1.807, 2.05) is 30.3 Å². The van der Waals surface area contributed by atoms with Crippen LogP contribution in [0.3, 0.4) is 0 Å². The molecule has 2 N–H and O–H groups in total. The summed E-state index contributed by atoms with van der Waals surface area (Å²) in [6, 6.07) is 14.5. The summed E-state index contributed by atoms with van der Waals surface area (Å²) in [4.78, 5) is 14.6. The van der Waals surface area contributed by atoms with Crippen molar-refractivity contribution in [1.82, 2.24) is 0 Å². The van der Waals surface area contributed by atoms with Crippen LogP contribution in [0.15, 0.2) is 54.2 Å². The minimum Gasteiger partial charge on any atom is -0.495 e. The molecule has 0 aromatic heterocycles. The van der Waals surface area contributed by atoms with Crippen molar-refractivity contribution < 1.29 is 9.53 Å². The van der Waals surface area contributed by atoms with E-state index in [4.69, 9.17) is 16.3 Å². The standard InChI is InChI=1S/C21H23ClN4O2/c1-4-26(5-2)18-9-7-17(8-10-18)24-14-15(13-23)21(27)25-19-12-16(22)6-11-20(19)28-3/h6-12,14,24H,4-5H2,1-3H3,(H,25,27)/b15-14-. The van der Waals surface area contributed by atoms with Crippen molar-refractivity contribution in [1.29, 1.82) is 5.26 Å². The second kappa shape index (κ2) is 10.2. The number of benzene rings is 2. The molecule has 0 aliphatic carbocycles. The quantitative estimate of drug-likeness (QED) is 0.499. The fraction of sp³-hybridized carbons (Fsp3) is 0.238. The van der Waals surface area contributed by atoms with Crippen LogP contribution in [0.1, 0.15) is 13.8 Å². The Morgan fingerprint density at radius 3 is 2.46 bits per heavy atom. The van der Waals surface area contributed by atoms with E-state index in [-0.39, 0.29) is 5.57 Å². The third-order valence-electron chi connectivity index (χ3n) is 4.15. The van der Waals surface area contributed by atoms with E-state index >= 15 is 0 Å². The Labute approximate surface area is 170 Å². The van der Waals surface area contributed by atoms with E-state index in [2.05, 4.69) is 29.4 Å². The molecule has 6 nitrogen and oxygen atoms in total. The van der Waals surface area contributed by atoms with Crippen LogP contribution in [-0.2, 0) is 4.79 Å². The average molecular weight is 399 g/mol. The normalized spacial score (nSPS) is 10.8. The second-order valence-corrected chi connectivity index (χ2v) is 6.27. The maximum absolute atomic E-state index is 12.4. The van der Waals surface area contributed by atoms with Crippen molar-refractivity contribution in [2.75, 3.05) is 35.7 Å². The lowest BCUT2D eigenvalue weighted by Crippen LogP contribution is -2.21. The van der Waals surface area contributed by atoms with Crippen LogP contribution in [0.25, 0.3) is 0 Å². The minimum atomic E-state index is -0.560. The summed E-state index contributed by atoms with van der Waals surface area (Å²) < 4.78 is 5.20. The summed E-state index contributed by atoms with van der Waals surface area (Å²) in [6.45, 7) is 6.06. The molecule has 2 aromatic rings. The van der Waals surface area contributed by atoms with Crippen molar-refractivity contribution in [2.45, 2.75) is 13.8 Å². The minimum absolute atomic E-state index is 0.0742. The predicted octanol–water partition coefficient (Wildman–Crippen LogP) is 4.65. The average Bonchev–Trinajstić information content (AvgIpc) is 2.70. The third kappa shape index (κ3) is 5.41. The van der Waals surface area contributed by atoms with Crippen molar-refractivity contribution in [3.8, 4) is 11.8 Å². The first-order chi connectivity index (χ1) is 13.5. The van der Waals surface area contributed by atoms with Gasteiger partial charge in [0.05, 0.1) is 12.8 Å². The van der Waals surface area contributed by atoms with Crippen molar-refractivity contribution >= 4 is 34.6 Å².